The highest BCUT2D eigenvalue weighted by Gasteiger charge is 2.05. The summed E-state index contributed by atoms with van der Waals surface area (Å²) in [5, 5.41) is 7.26. The smallest absolute Gasteiger partial charge is 0.166 e. The highest BCUT2D eigenvalue weighted by molar-refractivity contribution is 5.37. The molecule has 0 fully saturated rings. The van der Waals surface area contributed by atoms with Gasteiger partial charge in [-0.25, -0.2) is 9.07 Å². The normalized spacial score (nSPS) is 10.4. The zero-order valence-corrected chi connectivity index (χ0v) is 7.61. The Kier molecular flexibility index (Phi) is 1.92. The van der Waals surface area contributed by atoms with E-state index in [9.17, 15) is 4.39 Å². The molecule has 0 saturated carbocycles. The van der Waals surface area contributed by atoms with Crippen LogP contribution < -0.4 is 5.73 Å². The fourth-order valence-corrected chi connectivity index (χ4v) is 1.19. The van der Waals surface area contributed by atoms with Crippen LogP contribution in [0.2, 0.25) is 0 Å². The van der Waals surface area contributed by atoms with Crippen LogP contribution in [0.25, 0.3) is 5.69 Å². The minimum atomic E-state index is -0.338. The summed E-state index contributed by atoms with van der Waals surface area (Å²) in [6, 6.07) is 4.88. The van der Waals surface area contributed by atoms with Gasteiger partial charge < -0.3 is 5.73 Å². The van der Waals surface area contributed by atoms with E-state index in [0.29, 0.717) is 5.69 Å². The third-order valence-electron chi connectivity index (χ3n) is 1.86. The molecule has 0 atom stereocenters. The molecule has 72 valence electrons. The number of hydrogen-bond donors (Lipinski definition) is 1. The Bertz CT molecular complexity index is 464. The summed E-state index contributed by atoms with van der Waals surface area (Å²) >= 11 is 0. The molecule has 0 aliphatic carbocycles. The van der Waals surface area contributed by atoms with Gasteiger partial charge in [-0.2, -0.15) is 0 Å². The Labute approximate surface area is 80.2 Å². The monoisotopic (exact) mass is 192 g/mol. The van der Waals surface area contributed by atoms with Crippen LogP contribution in [0, 0.1) is 12.7 Å². The molecule has 0 spiro atoms. The molecular formula is C9H9FN4. The molecule has 4 nitrogen and oxygen atoms in total. The Morgan fingerprint density at radius 1 is 1.43 bits per heavy atom. The van der Waals surface area contributed by atoms with Crippen molar-refractivity contribution in [2.45, 2.75) is 6.92 Å². The maximum absolute atomic E-state index is 13.4. The molecule has 1 aromatic carbocycles. The van der Waals surface area contributed by atoms with E-state index in [-0.39, 0.29) is 11.6 Å². The predicted molar refractivity (Wildman–Crippen MR) is 50.5 cm³/mol. The molecule has 0 aliphatic rings. The van der Waals surface area contributed by atoms with Gasteiger partial charge in [0.1, 0.15) is 11.5 Å². The third kappa shape index (κ3) is 1.44. The number of halogens is 1. The van der Waals surface area contributed by atoms with Crippen molar-refractivity contribution in [3.8, 4) is 5.69 Å². The first-order chi connectivity index (χ1) is 6.66. The third-order valence-corrected chi connectivity index (χ3v) is 1.86. The summed E-state index contributed by atoms with van der Waals surface area (Å²) in [7, 11) is 0. The minimum absolute atomic E-state index is 0.268. The Hall–Kier alpha value is -1.91. The van der Waals surface area contributed by atoms with Crippen LogP contribution in [0.15, 0.2) is 24.4 Å². The molecule has 0 saturated heterocycles. The van der Waals surface area contributed by atoms with Crippen molar-refractivity contribution in [2.75, 3.05) is 5.73 Å². The summed E-state index contributed by atoms with van der Waals surface area (Å²) in [6.07, 6.45) is 1.47. The van der Waals surface area contributed by atoms with E-state index in [2.05, 4.69) is 10.3 Å². The van der Waals surface area contributed by atoms with Crippen LogP contribution in [0.1, 0.15) is 5.56 Å². The average molecular weight is 192 g/mol. The SMILES string of the molecule is Cc1ccc(-n2cc(N)nn2)c(F)c1. The number of aromatic nitrogens is 3. The summed E-state index contributed by atoms with van der Waals surface area (Å²) < 4.78 is 14.7. The van der Waals surface area contributed by atoms with E-state index in [1.54, 1.807) is 12.1 Å². The molecule has 1 heterocycles. The van der Waals surface area contributed by atoms with Crippen molar-refractivity contribution in [2.24, 2.45) is 0 Å². The Morgan fingerprint density at radius 2 is 2.21 bits per heavy atom. The lowest BCUT2D eigenvalue weighted by Gasteiger charge is -2.01. The van der Waals surface area contributed by atoms with Gasteiger partial charge in [-0.15, -0.1) is 5.10 Å². The minimum Gasteiger partial charge on any atom is -0.381 e. The quantitative estimate of drug-likeness (QED) is 0.740. The van der Waals surface area contributed by atoms with Crippen molar-refractivity contribution in [3.63, 3.8) is 0 Å². The van der Waals surface area contributed by atoms with Gasteiger partial charge in [-0.3, -0.25) is 0 Å². The fraction of sp³-hybridized carbons (Fsp3) is 0.111. The topological polar surface area (TPSA) is 56.7 Å². The molecule has 0 bridgehead atoms. The number of hydrogen-bond acceptors (Lipinski definition) is 3. The van der Waals surface area contributed by atoms with E-state index in [1.807, 2.05) is 6.92 Å². The van der Waals surface area contributed by atoms with Crippen LogP contribution in [-0.2, 0) is 0 Å². The molecule has 0 unspecified atom stereocenters. The van der Waals surface area contributed by atoms with Gasteiger partial charge >= 0.3 is 0 Å². The molecule has 2 aromatic rings. The number of nitrogens with zero attached hydrogens (tertiary/aromatic N) is 3. The van der Waals surface area contributed by atoms with Crippen LogP contribution >= 0.6 is 0 Å². The van der Waals surface area contributed by atoms with Crippen LogP contribution in [0.5, 0.6) is 0 Å². The molecule has 5 heteroatoms. The highest BCUT2D eigenvalue weighted by atomic mass is 19.1. The standard InChI is InChI=1S/C9H9FN4/c1-6-2-3-8(7(10)4-6)14-5-9(11)12-13-14/h2-5H,11H2,1H3. The number of aryl methyl sites for hydroxylation is 1. The number of benzene rings is 1. The van der Waals surface area contributed by atoms with Gasteiger partial charge in [0.05, 0.1) is 6.20 Å². The first-order valence-corrected chi connectivity index (χ1v) is 4.11. The number of anilines is 1. The maximum Gasteiger partial charge on any atom is 0.166 e. The second kappa shape index (κ2) is 3.10. The van der Waals surface area contributed by atoms with Gasteiger partial charge in [0.15, 0.2) is 5.82 Å². The summed E-state index contributed by atoms with van der Waals surface area (Å²) in [5.74, 6) is -0.0696. The second-order valence-electron chi connectivity index (χ2n) is 3.04. The van der Waals surface area contributed by atoms with Crippen molar-refractivity contribution in [1.82, 2.24) is 15.0 Å². The predicted octanol–water partition coefficient (Wildman–Crippen LogP) is 1.30. The first kappa shape index (κ1) is 8.68. The lowest BCUT2D eigenvalue weighted by atomic mass is 10.2. The van der Waals surface area contributed by atoms with E-state index >= 15 is 0 Å². The van der Waals surface area contributed by atoms with Gasteiger partial charge in [0.25, 0.3) is 0 Å². The molecule has 2 N–H and O–H groups in total. The van der Waals surface area contributed by atoms with Gasteiger partial charge in [-0.05, 0) is 24.6 Å². The van der Waals surface area contributed by atoms with E-state index in [1.165, 1.54) is 16.9 Å². The van der Waals surface area contributed by atoms with Crippen molar-refractivity contribution >= 4 is 5.82 Å². The number of nitrogens with two attached hydrogens (primary N) is 1. The van der Waals surface area contributed by atoms with Gasteiger partial charge in [0, 0.05) is 0 Å². The van der Waals surface area contributed by atoms with Gasteiger partial charge in [0.2, 0.25) is 0 Å². The van der Waals surface area contributed by atoms with Crippen molar-refractivity contribution in [1.29, 1.82) is 0 Å². The number of nitrogen functional groups attached to an aromatic ring is 1. The lowest BCUT2D eigenvalue weighted by Crippen LogP contribution is -1.98. The summed E-state index contributed by atoms with van der Waals surface area (Å²) in [4.78, 5) is 0. The van der Waals surface area contributed by atoms with Crippen LogP contribution in [-0.4, -0.2) is 15.0 Å². The van der Waals surface area contributed by atoms with Gasteiger partial charge in [-0.1, -0.05) is 11.3 Å². The molecule has 14 heavy (non-hydrogen) atoms. The van der Waals surface area contributed by atoms with Crippen LogP contribution in [0.3, 0.4) is 0 Å². The molecular weight excluding hydrogens is 183 g/mol. The molecule has 2 rings (SSSR count). The second-order valence-corrected chi connectivity index (χ2v) is 3.04. The first-order valence-electron chi connectivity index (χ1n) is 4.11. The largest absolute Gasteiger partial charge is 0.381 e. The van der Waals surface area contributed by atoms with Crippen molar-refractivity contribution < 1.29 is 4.39 Å². The molecule has 0 radical (unpaired) electrons. The molecule has 0 amide bonds. The fourth-order valence-electron chi connectivity index (χ4n) is 1.19. The molecule has 1 aromatic heterocycles. The Balaban J connectivity index is 2.52. The van der Waals surface area contributed by atoms with E-state index in [4.69, 9.17) is 5.73 Å². The van der Waals surface area contributed by atoms with E-state index in [0.717, 1.165) is 5.56 Å². The molecule has 0 aliphatic heterocycles. The van der Waals surface area contributed by atoms with Crippen LogP contribution in [0.4, 0.5) is 10.2 Å². The zero-order valence-electron chi connectivity index (χ0n) is 7.61. The zero-order chi connectivity index (χ0) is 10.1. The summed E-state index contributed by atoms with van der Waals surface area (Å²) in [6.45, 7) is 1.82. The number of rotatable bonds is 1. The highest BCUT2D eigenvalue weighted by Crippen LogP contribution is 2.14. The average Bonchev–Trinajstić information content (AvgIpc) is 2.51. The lowest BCUT2D eigenvalue weighted by molar-refractivity contribution is 0.606. The van der Waals surface area contributed by atoms with Crippen molar-refractivity contribution in [3.05, 3.63) is 35.8 Å². The summed E-state index contributed by atoms with van der Waals surface area (Å²) in [5.41, 5.74) is 6.59. The Morgan fingerprint density at radius 3 is 2.79 bits per heavy atom. The van der Waals surface area contributed by atoms with E-state index < -0.39 is 0 Å². The maximum atomic E-state index is 13.4.